The molecule has 0 saturated heterocycles. The predicted octanol–water partition coefficient (Wildman–Crippen LogP) is 2.09. The maximum Gasteiger partial charge on any atom is 0.315 e. The van der Waals surface area contributed by atoms with E-state index in [2.05, 4.69) is 10.6 Å². The van der Waals surface area contributed by atoms with Crippen LogP contribution >= 0.6 is 0 Å². The van der Waals surface area contributed by atoms with Crippen molar-refractivity contribution < 1.29 is 14.6 Å². The van der Waals surface area contributed by atoms with E-state index >= 15 is 0 Å². The van der Waals surface area contributed by atoms with E-state index in [0.29, 0.717) is 6.54 Å². The number of urea groups is 1. The van der Waals surface area contributed by atoms with Gasteiger partial charge in [0.05, 0.1) is 13.2 Å². The van der Waals surface area contributed by atoms with Gasteiger partial charge in [-0.1, -0.05) is 18.6 Å². The minimum Gasteiger partial charge on any atom is -0.497 e. The quantitative estimate of drug-likeness (QED) is 0.753. The highest BCUT2D eigenvalue weighted by Gasteiger charge is 2.25. The topological polar surface area (TPSA) is 70.6 Å². The molecule has 0 radical (unpaired) electrons. The zero-order valence-corrected chi connectivity index (χ0v) is 13.3. The highest BCUT2D eigenvalue weighted by molar-refractivity contribution is 5.74. The molecule has 1 saturated carbocycles. The summed E-state index contributed by atoms with van der Waals surface area (Å²) in [5.74, 6) is 1.02. The molecule has 2 amide bonds. The predicted molar refractivity (Wildman–Crippen MR) is 86.0 cm³/mol. The molecular weight excluding hydrogens is 280 g/mol. The highest BCUT2D eigenvalue weighted by atomic mass is 16.5. The summed E-state index contributed by atoms with van der Waals surface area (Å²) in [7, 11) is 1.64. The van der Waals surface area contributed by atoms with Crippen LogP contribution in [0.2, 0.25) is 0 Å². The molecule has 3 N–H and O–H groups in total. The van der Waals surface area contributed by atoms with Crippen LogP contribution in [-0.4, -0.2) is 36.9 Å². The van der Waals surface area contributed by atoms with Gasteiger partial charge in [0.1, 0.15) is 5.75 Å². The highest BCUT2D eigenvalue weighted by Crippen LogP contribution is 2.24. The molecule has 5 nitrogen and oxygen atoms in total. The third-order valence-corrected chi connectivity index (χ3v) is 4.20. The van der Waals surface area contributed by atoms with Crippen LogP contribution < -0.4 is 15.4 Å². The second-order valence-electron chi connectivity index (χ2n) is 6.07. The standard InChI is InChI=1S/C17H26N2O3/c1-12(9-13-5-3-7-15(10-13)22-2)19-17(21)18-11-14-6-4-8-16(14)20/h3,5,7,10,12,14,16,20H,4,6,8-9,11H2,1-2H3,(H2,18,19,21)/t12-,14-,16-/m0/s1. The molecule has 0 bridgehead atoms. The van der Waals surface area contributed by atoms with Gasteiger partial charge in [0, 0.05) is 18.5 Å². The lowest BCUT2D eigenvalue weighted by atomic mass is 10.1. The zero-order valence-electron chi connectivity index (χ0n) is 13.3. The summed E-state index contributed by atoms with van der Waals surface area (Å²) >= 11 is 0. The lowest BCUT2D eigenvalue weighted by Crippen LogP contribution is -2.44. The zero-order chi connectivity index (χ0) is 15.9. The number of hydrogen-bond acceptors (Lipinski definition) is 3. The van der Waals surface area contributed by atoms with Gasteiger partial charge >= 0.3 is 6.03 Å². The smallest absolute Gasteiger partial charge is 0.315 e. The number of benzene rings is 1. The normalized spacial score (nSPS) is 22.1. The van der Waals surface area contributed by atoms with Crippen LogP contribution in [0.25, 0.3) is 0 Å². The molecular formula is C17H26N2O3. The van der Waals surface area contributed by atoms with Crippen molar-refractivity contribution in [2.75, 3.05) is 13.7 Å². The first-order valence-electron chi connectivity index (χ1n) is 7.94. The average Bonchev–Trinajstić information content (AvgIpc) is 2.90. The van der Waals surface area contributed by atoms with E-state index in [1.165, 1.54) is 0 Å². The Hall–Kier alpha value is -1.75. The maximum atomic E-state index is 11.9. The number of methoxy groups -OCH3 is 1. The first-order valence-corrected chi connectivity index (χ1v) is 7.94. The second-order valence-corrected chi connectivity index (χ2v) is 6.07. The van der Waals surface area contributed by atoms with Gasteiger partial charge in [-0.15, -0.1) is 0 Å². The van der Waals surface area contributed by atoms with E-state index in [-0.39, 0.29) is 24.1 Å². The summed E-state index contributed by atoms with van der Waals surface area (Å²) < 4.78 is 5.20. The molecule has 0 aliphatic heterocycles. The van der Waals surface area contributed by atoms with Crippen LogP contribution in [-0.2, 0) is 6.42 Å². The molecule has 1 aromatic carbocycles. The van der Waals surface area contributed by atoms with Gasteiger partial charge in [0.25, 0.3) is 0 Å². The molecule has 2 rings (SSSR count). The number of nitrogens with one attached hydrogen (secondary N) is 2. The molecule has 1 aromatic rings. The molecule has 3 atom stereocenters. The molecule has 0 aromatic heterocycles. The molecule has 122 valence electrons. The van der Waals surface area contributed by atoms with Gasteiger partial charge in [-0.2, -0.15) is 0 Å². The van der Waals surface area contributed by atoms with Crippen molar-refractivity contribution >= 4 is 6.03 Å². The molecule has 0 heterocycles. The number of amides is 2. The van der Waals surface area contributed by atoms with Crippen molar-refractivity contribution in [2.24, 2.45) is 5.92 Å². The Morgan fingerprint density at radius 3 is 2.95 bits per heavy atom. The van der Waals surface area contributed by atoms with E-state index in [1.54, 1.807) is 7.11 Å². The molecule has 1 aliphatic rings. The van der Waals surface area contributed by atoms with Crippen molar-refractivity contribution in [1.29, 1.82) is 0 Å². The summed E-state index contributed by atoms with van der Waals surface area (Å²) in [5.41, 5.74) is 1.12. The first kappa shape index (κ1) is 16.6. The fraction of sp³-hybridized carbons (Fsp3) is 0.588. The molecule has 0 unspecified atom stereocenters. The minimum absolute atomic E-state index is 0.0283. The first-order chi connectivity index (χ1) is 10.6. The summed E-state index contributed by atoms with van der Waals surface area (Å²) in [5, 5.41) is 15.5. The van der Waals surface area contributed by atoms with Crippen LogP contribution in [0.3, 0.4) is 0 Å². The third-order valence-electron chi connectivity index (χ3n) is 4.20. The van der Waals surface area contributed by atoms with Gasteiger partial charge in [-0.05, 0) is 43.9 Å². The van der Waals surface area contributed by atoms with Crippen molar-refractivity contribution in [3.8, 4) is 5.75 Å². The number of carbonyl (C=O) groups is 1. The Morgan fingerprint density at radius 2 is 2.27 bits per heavy atom. The average molecular weight is 306 g/mol. The van der Waals surface area contributed by atoms with Crippen LogP contribution in [0.5, 0.6) is 5.75 Å². The minimum atomic E-state index is -0.269. The van der Waals surface area contributed by atoms with E-state index < -0.39 is 0 Å². The Balaban J connectivity index is 1.73. The van der Waals surface area contributed by atoms with Gasteiger partial charge in [0.2, 0.25) is 0 Å². The molecule has 22 heavy (non-hydrogen) atoms. The van der Waals surface area contributed by atoms with Gasteiger partial charge in [0.15, 0.2) is 0 Å². The SMILES string of the molecule is COc1cccc(C[C@H](C)NC(=O)NC[C@@H]2CCC[C@@H]2O)c1. The van der Waals surface area contributed by atoms with E-state index in [0.717, 1.165) is 37.0 Å². The van der Waals surface area contributed by atoms with Crippen molar-refractivity contribution in [1.82, 2.24) is 10.6 Å². The molecule has 1 aliphatic carbocycles. The van der Waals surface area contributed by atoms with Crippen LogP contribution in [0.1, 0.15) is 31.7 Å². The fourth-order valence-corrected chi connectivity index (χ4v) is 2.96. The Kier molecular flexibility index (Phi) is 6.07. The lowest BCUT2D eigenvalue weighted by Gasteiger charge is -2.18. The monoisotopic (exact) mass is 306 g/mol. The summed E-state index contributed by atoms with van der Waals surface area (Å²) in [6.45, 7) is 2.52. The van der Waals surface area contributed by atoms with Crippen LogP contribution in [0, 0.1) is 5.92 Å². The summed E-state index contributed by atoms with van der Waals surface area (Å²) in [6.07, 6.45) is 3.36. The van der Waals surface area contributed by atoms with Crippen molar-refractivity contribution in [3.63, 3.8) is 0 Å². The number of aliphatic hydroxyl groups is 1. The molecule has 1 fully saturated rings. The van der Waals surface area contributed by atoms with Gasteiger partial charge in [-0.3, -0.25) is 0 Å². The lowest BCUT2D eigenvalue weighted by molar-refractivity contribution is 0.132. The number of hydrogen-bond donors (Lipinski definition) is 3. The van der Waals surface area contributed by atoms with Crippen molar-refractivity contribution in [3.05, 3.63) is 29.8 Å². The van der Waals surface area contributed by atoms with Crippen molar-refractivity contribution in [2.45, 2.75) is 44.8 Å². The Labute approximate surface area is 132 Å². The number of aliphatic hydroxyl groups excluding tert-OH is 1. The number of rotatable bonds is 6. The third kappa shape index (κ3) is 4.91. The molecule has 5 heteroatoms. The van der Waals surface area contributed by atoms with Crippen LogP contribution in [0.15, 0.2) is 24.3 Å². The summed E-state index contributed by atoms with van der Waals surface area (Å²) in [4.78, 5) is 11.9. The second kappa shape index (κ2) is 8.03. The Morgan fingerprint density at radius 1 is 1.45 bits per heavy atom. The van der Waals surface area contributed by atoms with E-state index in [9.17, 15) is 9.90 Å². The van der Waals surface area contributed by atoms with E-state index in [4.69, 9.17) is 4.74 Å². The molecule has 0 spiro atoms. The number of ether oxygens (including phenoxy) is 1. The van der Waals surface area contributed by atoms with Gasteiger partial charge < -0.3 is 20.5 Å². The Bertz CT molecular complexity index is 493. The van der Waals surface area contributed by atoms with Crippen LogP contribution in [0.4, 0.5) is 4.79 Å². The van der Waals surface area contributed by atoms with Gasteiger partial charge in [-0.25, -0.2) is 4.79 Å². The van der Waals surface area contributed by atoms with E-state index in [1.807, 2.05) is 31.2 Å². The fourth-order valence-electron chi connectivity index (χ4n) is 2.96. The summed E-state index contributed by atoms with van der Waals surface area (Å²) in [6, 6.07) is 7.71. The largest absolute Gasteiger partial charge is 0.497 e. The maximum absolute atomic E-state index is 11.9. The number of carbonyl (C=O) groups excluding carboxylic acids is 1.